The van der Waals surface area contributed by atoms with Crippen LogP contribution >= 0.6 is 23.2 Å². The van der Waals surface area contributed by atoms with Crippen LogP contribution in [0.4, 0.5) is 25.0 Å². The summed E-state index contributed by atoms with van der Waals surface area (Å²) < 4.78 is 27.7. The molecule has 0 bridgehead atoms. The molecule has 0 heterocycles. The van der Waals surface area contributed by atoms with E-state index in [-0.39, 0.29) is 33.6 Å². The van der Waals surface area contributed by atoms with Crippen LogP contribution in [0, 0.1) is 11.6 Å². The van der Waals surface area contributed by atoms with Crippen LogP contribution in [0.5, 0.6) is 5.75 Å². The molecule has 0 saturated carbocycles. The van der Waals surface area contributed by atoms with Crippen LogP contribution in [0.3, 0.4) is 0 Å². The van der Waals surface area contributed by atoms with Gasteiger partial charge in [-0.3, -0.25) is 4.90 Å². The first-order chi connectivity index (χ1) is 13.3. The maximum Gasteiger partial charge on any atom is 0.326 e. The normalized spacial score (nSPS) is 10.6. The van der Waals surface area contributed by atoms with E-state index in [0.717, 1.165) is 17.0 Å². The van der Waals surface area contributed by atoms with Crippen LogP contribution < -0.4 is 10.2 Å². The number of hydrogen-bond donors (Lipinski definition) is 2. The van der Waals surface area contributed by atoms with Crippen molar-refractivity contribution >= 4 is 40.6 Å². The molecule has 2 N–H and O–H groups in total. The van der Waals surface area contributed by atoms with E-state index in [1.165, 1.54) is 12.1 Å². The third-order valence-corrected chi connectivity index (χ3v) is 4.41. The topological polar surface area (TPSA) is 52.6 Å². The molecule has 144 valence electrons. The molecule has 0 atom stereocenters. The van der Waals surface area contributed by atoms with E-state index in [4.69, 9.17) is 23.2 Å². The average molecular weight is 423 g/mol. The SMILES string of the molecule is O=C(Nc1ccccc1)N(Cc1cc(Cl)cc(Cl)c1O)c1ccc(F)cc1F. The lowest BCUT2D eigenvalue weighted by molar-refractivity contribution is 0.256. The number of para-hydroxylation sites is 1. The van der Waals surface area contributed by atoms with Gasteiger partial charge in [-0.25, -0.2) is 13.6 Å². The van der Waals surface area contributed by atoms with Gasteiger partial charge in [0.05, 0.1) is 17.3 Å². The van der Waals surface area contributed by atoms with Gasteiger partial charge in [-0.1, -0.05) is 41.4 Å². The molecule has 0 unspecified atom stereocenters. The van der Waals surface area contributed by atoms with Gasteiger partial charge in [-0.15, -0.1) is 0 Å². The van der Waals surface area contributed by atoms with Gasteiger partial charge in [-0.2, -0.15) is 0 Å². The molecule has 3 aromatic carbocycles. The van der Waals surface area contributed by atoms with Crippen LogP contribution in [0.1, 0.15) is 5.56 Å². The number of phenolic OH excluding ortho intramolecular Hbond substituents is 1. The number of benzene rings is 3. The fourth-order valence-corrected chi connectivity index (χ4v) is 3.12. The maximum absolute atomic E-state index is 14.4. The summed E-state index contributed by atoms with van der Waals surface area (Å²) in [6, 6.07) is 13.4. The number of rotatable bonds is 4. The summed E-state index contributed by atoms with van der Waals surface area (Å²) in [5.41, 5.74) is 0.503. The first-order valence-electron chi connectivity index (χ1n) is 8.10. The second-order valence-corrected chi connectivity index (χ2v) is 6.72. The van der Waals surface area contributed by atoms with Gasteiger partial charge in [-0.05, 0) is 36.4 Å². The van der Waals surface area contributed by atoms with Gasteiger partial charge in [0.25, 0.3) is 0 Å². The number of amides is 2. The van der Waals surface area contributed by atoms with Crippen LogP contribution in [-0.4, -0.2) is 11.1 Å². The zero-order valence-corrected chi connectivity index (χ0v) is 15.8. The summed E-state index contributed by atoms with van der Waals surface area (Å²) in [4.78, 5) is 13.9. The van der Waals surface area contributed by atoms with E-state index in [1.54, 1.807) is 30.3 Å². The minimum atomic E-state index is -0.934. The van der Waals surface area contributed by atoms with E-state index in [1.807, 2.05) is 0 Å². The summed E-state index contributed by atoms with van der Waals surface area (Å²) in [6.45, 7) is -0.257. The summed E-state index contributed by atoms with van der Waals surface area (Å²) in [5, 5.41) is 13.1. The van der Waals surface area contributed by atoms with Gasteiger partial charge < -0.3 is 10.4 Å². The number of halogens is 4. The maximum atomic E-state index is 14.4. The number of hydrogen-bond acceptors (Lipinski definition) is 2. The molecule has 0 radical (unpaired) electrons. The van der Waals surface area contributed by atoms with Crippen molar-refractivity contribution in [1.82, 2.24) is 0 Å². The molecule has 0 aliphatic heterocycles. The van der Waals surface area contributed by atoms with Crippen molar-refractivity contribution in [3.8, 4) is 5.75 Å². The Labute approximate surface area is 169 Å². The Morgan fingerprint density at radius 3 is 2.43 bits per heavy atom. The summed E-state index contributed by atoms with van der Waals surface area (Å²) in [6.07, 6.45) is 0. The molecule has 28 heavy (non-hydrogen) atoms. The van der Waals surface area contributed by atoms with Crippen molar-refractivity contribution < 1.29 is 18.7 Å². The van der Waals surface area contributed by atoms with Crippen molar-refractivity contribution in [3.05, 3.63) is 87.9 Å². The number of aromatic hydroxyl groups is 1. The molecule has 3 rings (SSSR count). The van der Waals surface area contributed by atoms with Crippen LogP contribution in [0.2, 0.25) is 10.0 Å². The van der Waals surface area contributed by atoms with E-state index in [9.17, 15) is 18.7 Å². The van der Waals surface area contributed by atoms with E-state index in [0.29, 0.717) is 11.8 Å². The lowest BCUT2D eigenvalue weighted by atomic mass is 10.1. The molecule has 0 saturated heterocycles. The molecule has 0 aliphatic carbocycles. The predicted molar refractivity (Wildman–Crippen MR) is 106 cm³/mol. The van der Waals surface area contributed by atoms with Crippen molar-refractivity contribution in [2.75, 3.05) is 10.2 Å². The van der Waals surface area contributed by atoms with Crippen LogP contribution in [0.15, 0.2) is 60.7 Å². The summed E-state index contributed by atoms with van der Waals surface area (Å²) in [7, 11) is 0. The quantitative estimate of drug-likeness (QED) is 0.524. The molecule has 2 amide bonds. The molecular formula is C20H14Cl2F2N2O2. The smallest absolute Gasteiger partial charge is 0.326 e. The van der Waals surface area contributed by atoms with Crippen LogP contribution in [-0.2, 0) is 6.54 Å². The molecule has 0 spiro atoms. The van der Waals surface area contributed by atoms with E-state index < -0.39 is 17.7 Å². The fourth-order valence-electron chi connectivity index (χ4n) is 2.59. The Morgan fingerprint density at radius 1 is 1.04 bits per heavy atom. The molecular weight excluding hydrogens is 409 g/mol. The highest BCUT2D eigenvalue weighted by atomic mass is 35.5. The Hall–Kier alpha value is -2.83. The Bertz CT molecular complexity index is 1020. The average Bonchev–Trinajstić information content (AvgIpc) is 2.65. The summed E-state index contributed by atoms with van der Waals surface area (Å²) in [5.74, 6) is -2.00. The first kappa shape index (κ1) is 19.9. The minimum Gasteiger partial charge on any atom is -0.506 e. The monoisotopic (exact) mass is 422 g/mol. The molecule has 0 fully saturated rings. The van der Waals surface area contributed by atoms with Crippen molar-refractivity contribution in [2.24, 2.45) is 0 Å². The number of anilines is 2. The van der Waals surface area contributed by atoms with Gasteiger partial charge in [0.2, 0.25) is 0 Å². The lowest BCUT2D eigenvalue weighted by Crippen LogP contribution is -2.35. The predicted octanol–water partition coefficient (Wildman–Crippen LogP) is 6.22. The Balaban J connectivity index is 2.00. The van der Waals surface area contributed by atoms with E-state index >= 15 is 0 Å². The van der Waals surface area contributed by atoms with Gasteiger partial charge in [0.1, 0.15) is 17.4 Å². The minimum absolute atomic E-state index is 0.00880. The van der Waals surface area contributed by atoms with Crippen molar-refractivity contribution in [3.63, 3.8) is 0 Å². The number of urea groups is 1. The first-order valence-corrected chi connectivity index (χ1v) is 8.86. The third-order valence-electron chi connectivity index (χ3n) is 3.91. The highest BCUT2D eigenvalue weighted by Crippen LogP contribution is 2.33. The molecule has 0 aliphatic rings. The van der Waals surface area contributed by atoms with Crippen molar-refractivity contribution in [1.29, 1.82) is 0 Å². The lowest BCUT2D eigenvalue weighted by Gasteiger charge is -2.24. The third kappa shape index (κ3) is 4.52. The highest BCUT2D eigenvalue weighted by molar-refractivity contribution is 6.35. The fraction of sp³-hybridized carbons (Fsp3) is 0.0500. The second-order valence-electron chi connectivity index (χ2n) is 5.87. The van der Waals surface area contributed by atoms with Crippen molar-refractivity contribution in [2.45, 2.75) is 6.54 Å². The van der Waals surface area contributed by atoms with Crippen LogP contribution in [0.25, 0.3) is 0 Å². The number of nitrogens with one attached hydrogen (secondary N) is 1. The van der Waals surface area contributed by atoms with Gasteiger partial charge >= 0.3 is 6.03 Å². The highest BCUT2D eigenvalue weighted by Gasteiger charge is 2.22. The number of carbonyl (C=O) groups is 1. The molecule has 3 aromatic rings. The number of carbonyl (C=O) groups excluding carboxylic acids is 1. The molecule has 4 nitrogen and oxygen atoms in total. The zero-order chi connectivity index (χ0) is 20.3. The Kier molecular flexibility index (Phi) is 6.02. The summed E-state index contributed by atoms with van der Waals surface area (Å²) >= 11 is 11.9. The second kappa shape index (κ2) is 8.46. The Morgan fingerprint density at radius 2 is 1.75 bits per heavy atom. The number of nitrogens with zero attached hydrogens (tertiary/aromatic N) is 1. The zero-order valence-electron chi connectivity index (χ0n) is 14.3. The van der Waals surface area contributed by atoms with Gasteiger partial charge in [0.15, 0.2) is 0 Å². The largest absolute Gasteiger partial charge is 0.506 e. The molecule has 8 heteroatoms. The van der Waals surface area contributed by atoms with Gasteiger partial charge in [0, 0.05) is 22.3 Å². The molecule has 0 aromatic heterocycles. The standard InChI is InChI=1S/C20H14Cl2F2N2O2/c21-13-8-12(19(27)16(22)9-13)11-26(18-7-6-14(23)10-17(18)24)20(28)25-15-4-2-1-3-5-15/h1-10,27H,11H2,(H,25,28). The number of phenols is 1. The van der Waals surface area contributed by atoms with E-state index in [2.05, 4.69) is 5.32 Å².